The van der Waals surface area contributed by atoms with E-state index in [-0.39, 0.29) is 10.8 Å². The summed E-state index contributed by atoms with van der Waals surface area (Å²) in [5.74, 6) is -1.72. The van der Waals surface area contributed by atoms with Gasteiger partial charge in [-0.05, 0) is 6.92 Å². The molecular formula is C8H8ClN3O3. The van der Waals surface area contributed by atoms with E-state index in [1.54, 1.807) is 0 Å². The number of hydrogen-bond donors (Lipinski definition) is 2. The van der Waals surface area contributed by atoms with E-state index < -0.39 is 17.9 Å². The van der Waals surface area contributed by atoms with Gasteiger partial charge >= 0.3 is 5.97 Å². The first-order chi connectivity index (χ1) is 7.00. The van der Waals surface area contributed by atoms with Crippen LogP contribution in [0.25, 0.3) is 0 Å². The molecule has 80 valence electrons. The molecule has 6 nitrogen and oxygen atoms in total. The third-order valence-electron chi connectivity index (χ3n) is 1.57. The largest absolute Gasteiger partial charge is 0.480 e. The fourth-order valence-corrected chi connectivity index (χ4v) is 0.859. The van der Waals surface area contributed by atoms with E-state index >= 15 is 0 Å². The van der Waals surface area contributed by atoms with Crippen molar-refractivity contribution in [2.75, 3.05) is 0 Å². The Kier molecular flexibility index (Phi) is 3.56. The van der Waals surface area contributed by atoms with E-state index in [1.807, 2.05) is 0 Å². The monoisotopic (exact) mass is 229 g/mol. The highest BCUT2D eigenvalue weighted by atomic mass is 35.5. The number of hydrogen-bond acceptors (Lipinski definition) is 4. The van der Waals surface area contributed by atoms with Gasteiger partial charge in [-0.3, -0.25) is 9.59 Å². The van der Waals surface area contributed by atoms with Crippen molar-refractivity contribution in [3.05, 3.63) is 23.2 Å². The van der Waals surface area contributed by atoms with E-state index in [1.165, 1.54) is 19.3 Å². The zero-order valence-electron chi connectivity index (χ0n) is 7.77. The topological polar surface area (TPSA) is 92.2 Å². The molecule has 2 N–H and O–H groups in total. The van der Waals surface area contributed by atoms with Gasteiger partial charge in [0.15, 0.2) is 0 Å². The number of amides is 1. The fraction of sp³-hybridized carbons (Fsp3) is 0.250. The first kappa shape index (κ1) is 11.4. The van der Waals surface area contributed by atoms with Crippen molar-refractivity contribution in [3.8, 4) is 0 Å². The highest BCUT2D eigenvalue weighted by Gasteiger charge is 2.16. The van der Waals surface area contributed by atoms with Gasteiger partial charge in [0, 0.05) is 0 Å². The molecule has 1 unspecified atom stereocenters. The van der Waals surface area contributed by atoms with Crippen molar-refractivity contribution in [3.63, 3.8) is 0 Å². The van der Waals surface area contributed by atoms with Crippen LogP contribution in [0.5, 0.6) is 0 Å². The van der Waals surface area contributed by atoms with Gasteiger partial charge in [0.25, 0.3) is 5.91 Å². The normalized spacial score (nSPS) is 11.9. The first-order valence-corrected chi connectivity index (χ1v) is 4.39. The van der Waals surface area contributed by atoms with E-state index in [9.17, 15) is 9.59 Å². The van der Waals surface area contributed by atoms with Crippen LogP contribution in [0.2, 0.25) is 5.15 Å². The van der Waals surface area contributed by atoms with Gasteiger partial charge in [0.2, 0.25) is 0 Å². The Morgan fingerprint density at radius 2 is 2.13 bits per heavy atom. The highest BCUT2D eigenvalue weighted by molar-refractivity contribution is 6.29. The summed E-state index contributed by atoms with van der Waals surface area (Å²) in [5.41, 5.74) is 0.0208. The molecule has 0 aliphatic carbocycles. The molecule has 1 amide bonds. The third kappa shape index (κ3) is 3.17. The molecule has 0 saturated heterocycles. The minimum absolute atomic E-state index is 0.0208. The number of nitrogens with one attached hydrogen (secondary N) is 1. The lowest BCUT2D eigenvalue weighted by Gasteiger charge is -2.07. The quantitative estimate of drug-likeness (QED) is 0.779. The summed E-state index contributed by atoms with van der Waals surface area (Å²) in [5, 5.41) is 10.9. The molecule has 0 aliphatic heterocycles. The minimum Gasteiger partial charge on any atom is -0.480 e. The van der Waals surface area contributed by atoms with Crippen molar-refractivity contribution in [1.82, 2.24) is 15.3 Å². The molecule has 0 fully saturated rings. The summed E-state index contributed by atoms with van der Waals surface area (Å²) in [6.07, 6.45) is 2.38. The maximum Gasteiger partial charge on any atom is 0.325 e. The second-order valence-corrected chi connectivity index (χ2v) is 3.14. The van der Waals surface area contributed by atoms with Gasteiger partial charge in [-0.15, -0.1) is 0 Å². The number of carbonyl (C=O) groups excluding carboxylic acids is 1. The summed E-state index contributed by atoms with van der Waals surface area (Å²) in [7, 11) is 0. The van der Waals surface area contributed by atoms with E-state index in [0.29, 0.717) is 0 Å². The molecule has 1 aromatic rings. The maximum atomic E-state index is 11.4. The predicted octanol–water partition coefficient (Wildman–Crippen LogP) is 0.333. The van der Waals surface area contributed by atoms with Crippen LogP contribution in [0.1, 0.15) is 17.4 Å². The lowest BCUT2D eigenvalue weighted by Crippen LogP contribution is -2.38. The summed E-state index contributed by atoms with van der Waals surface area (Å²) < 4.78 is 0. The average Bonchev–Trinajstić information content (AvgIpc) is 2.18. The maximum absolute atomic E-state index is 11.4. The number of nitrogens with zero attached hydrogens (tertiary/aromatic N) is 2. The first-order valence-electron chi connectivity index (χ1n) is 4.02. The molecule has 1 atom stereocenters. The average molecular weight is 230 g/mol. The van der Waals surface area contributed by atoms with Gasteiger partial charge in [-0.2, -0.15) is 0 Å². The van der Waals surface area contributed by atoms with Crippen molar-refractivity contribution in [2.45, 2.75) is 13.0 Å². The highest BCUT2D eigenvalue weighted by Crippen LogP contribution is 2.01. The molecule has 0 aromatic carbocycles. The minimum atomic E-state index is -1.12. The van der Waals surface area contributed by atoms with Crippen molar-refractivity contribution < 1.29 is 14.7 Å². The van der Waals surface area contributed by atoms with Crippen LogP contribution in [0.4, 0.5) is 0 Å². The number of carboxylic acid groups (broad SMARTS) is 1. The third-order valence-corrected chi connectivity index (χ3v) is 1.77. The molecule has 0 radical (unpaired) electrons. The van der Waals surface area contributed by atoms with Crippen molar-refractivity contribution >= 4 is 23.5 Å². The Labute approximate surface area is 90.3 Å². The summed E-state index contributed by atoms with van der Waals surface area (Å²) in [6.45, 7) is 1.35. The molecule has 1 heterocycles. The van der Waals surface area contributed by atoms with Crippen LogP contribution < -0.4 is 5.32 Å². The van der Waals surface area contributed by atoms with Crippen LogP contribution in [0, 0.1) is 0 Å². The molecule has 0 aliphatic rings. The summed E-state index contributed by atoms with van der Waals surface area (Å²) >= 11 is 5.47. The summed E-state index contributed by atoms with van der Waals surface area (Å²) in [4.78, 5) is 29.1. The Morgan fingerprint density at radius 3 is 2.60 bits per heavy atom. The lowest BCUT2D eigenvalue weighted by molar-refractivity contribution is -0.138. The number of halogens is 1. The Bertz CT molecular complexity index is 379. The van der Waals surface area contributed by atoms with Gasteiger partial charge in [-0.25, -0.2) is 9.97 Å². The predicted molar refractivity (Wildman–Crippen MR) is 51.6 cm³/mol. The van der Waals surface area contributed by atoms with Crippen LogP contribution in [0.15, 0.2) is 12.4 Å². The van der Waals surface area contributed by atoms with Crippen molar-refractivity contribution in [2.24, 2.45) is 0 Å². The molecular weight excluding hydrogens is 222 g/mol. The van der Waals surface area contributed by atoms with Crippen LogP contribution >= 0.6 is 11.6 Å². The fourth-order valence-electron chi connectivity index (χ4n) is 0.762. The van der Waals surface area contributed by atoms with E-state index in [4.69, 9.17) is 16.7 Å². The van der Waals surface area contributed by atoms with Crippen LogP contribution in [0.3, 0.4) is 0 Å². The number of carboxylic acids is 1. The second-order valence-electron chi connectivity index (χ2n) is 2.76. The SMILES string of the molecule is CC(NC(=O)c1cnc(Cl)cn1)C(=O)O. The zero-order chi connectivity index (χ0) is 11.4. The van der Waals surface area contributed by atoms with Gasteiger partial charge < -0.3 is 10.4 Å². The number of carbonyl (C=O) groups is 2. The van der Waals surface area contributed by atoms with Gasteiger partial charge in [-0.1, -0.05) is 11.6 Å². The molecule has 7 heteroatoms. The van der Waals surface area contributed by atoms with E-state index in [2.05, 4.69) is 15.3 Å². The smallest absolute Gasteiger partial charge is 0.325 e. The number of rotatable bonds is 3. The second kappa shape index (κ2) is 4.70. The van der Waals surface area contributed by atoms with Crippen LogP contribution in [-0.2, 0) is 4.79 Å². The summed E-state index contributed by atoms with van der Waals surface area (Å²) in [6, 6.07) is -0.977. The molecule has 0 saturated carbocycles. The number of aliphatic carboxylic acids is 1. The van der Waals surface area contributed by atoms with Gasteiger partial charge in [0.1, 0.15) is 16.9 Å². The molecule has 15 heavy (non-hydrogen) atoms. The van der Waals surface area contributed by atoms with Gasteiger partial charge in [0.05, 0.1) is 12.4 Å². The molecule has 1 rings (SSSR count). The van der Waals surface area contributed by atoms with Crippen molar-refractivity contribution in [1.29, 1.82) is 0 Å². The standard InChI is InChI=1S/C8H8ClN3O3/c1-4(8(14)15)12-7(13)5-2-11-6(9)3-10-5/h2-4H,1H3,(H,12,13)(H,14,15). The Hall–Kier alpha value is -1.69. The lowest BCUT2D eigenvalue weighted by atomic mass is 10.3. The Morgan fingerprint density at radius 1 is 1.47 bits per heavy atom. The Balaban J connectivity index is 2.69. The van der Waals surface area contributed by atoms with Crippen LogP contribution in [-0.4, -0.2) is 33.0 Å². The molecule has 1 aromatic heterocycles. The number of aromatic nitrogens is 2. The molecule has 0 bridgehead atoms. The van der Waals surface area contributed by atoms with E-state index in [0.717, 1.165) is 0 Å². The zero-order valence-corrected chi connectivity index (χ0v) is 8.52. The molecule has 0 spiro atoms.